The Bertz CT molecular complexity index is 1710. The Kier molecular flexibility index (Phi) is 10.8. The lowest BCUT2D eigenvalue weighted by Crippen LogP contribution is -2.32. The molecule has 1 aromatic heterocycles. The van der Waals surface area contributed by atoms with Crippen LogP contribution in [-0.4, -0.2) is 85.3 Å². The molecular weight excluding hydrogens is 554 g/mol. The van der Waals surface area contributed by atoms with E-state index in [0.29, 0.717) is 54.2 Å². The minimum Gasteiger partial charge on any atom is -0.351 e. The molecule has 3 amide bonds. The van der Waals surface area contributed by atoms with E-state index in [0.717, 1.165) is 22.3 Å². The Morgan fingerprint density at radius 1 is 0.705 bits per heavy atom. The minimum absolute atomic E-state index is 0.0665. The van der Waals surface area contributed by atoms with Crippen LogP contribution in [0.5, 0.6) is 0 Å². The lowest BCUT2D eigenvalue weighted by atomic mass is 10.00. The van der Waals surface area contributed by atoms with Crippen LogP contribution in [0.25, 0.3) is 33.5 Å². The van der Waals surface area contributed by atoms with Crippen LogP contribution in [0.3, 0.4) is 0 Å². The molecule has 0 bridgehead atoms. The molecule has 10 heteroatoms. The van der Waals surface area contributed by atoms with Crippen molar-refractivity contribution in [2.45, 2.75) is 13.1 Å². The Morgan fingerprint density at radius 2 is 1.23 bits per heavy atom. The summed E-state index contributed by atoms with van der Waals surface area (Å²) in [6.07, 6.45) is 5.30. The second-order valence-electron chi connectivity index (χ2n) is 10.9. The van der Waals surface area contributed by atoms with E-state index in [1.54, 1.807) is 18.2 Å². The van der Waals surface area contributed by atoms with Gasteiger partial charge in [0.2, 0.25) is 11.8 Å². The summed E-state index contributed by atoms with van der Waals surface area (Å²) >= 11 is 0. The number of benzene rings is 3. The van der Waals surface area contributed by atoms with Gasteiger partial charge >= 0.3 is 0 Å². The summed E-state index contributed by atoms with van der Waals surface area (Å²) in [4.78, 5) is 50.7. The summed E-state index contributed by atoms with van der Waals surface area (Å²) in [7, 11) is 7.38. The molecule has 4 rings (SSSR count). The van der Waals surface area contributed by atoms with Crippen LogP contribution in [0, 0.1) is 12.3 Å². The van der Waals surface area contributed by atoms with Crippen molar-refractivity contribution in [2.24, 2.45) is 0 Å². The maximum atomic E-state index is 12.6. The number of carbonyl (C=O) groups excluding carboxylic acids is 3. The molecule has 1 heterocycles. The standard InChI is InChI=1S/C34H37N7O3/c1-6-15-35-34(44)27-13-14-28-29(18-27)39-33(26-12-8-10-24(17-26)20-37-31(43)22-41(4)5)32(38-28)25-11-7-9-23(16-25)19-36-30(42)21-40(2)3/h1,7-14,16-18H,15,19-22H2,2-5H3,(H,35,44)(H,36,42)(H,37,43). The Morgan fingerprint density at radius 3 is 1.73 bits per heavy atom. The van der Waals surface area contributed by atoms with E-state index < -0.39 is 0 Å². The third kappa shape index (κ3) is 8.70. The quantitative estimate of drug-likeness (QED) is 0.217. The average Bonchev–Trinajstić information content (AvgIpc) is 3.00. The second-order valence-corrected chi connectivity index (χ2v) is 10.9. The first-order chi connectivity index (χ1) is 21.1. The minimum atomic E-state index is -0.295. The molecule has 4 aromatic rings. The number of terminal acetylenes is 1. The van der Waals surface area contributed by atoms with Gasteiger partial charge in [0, 0.05) is 29.8 Å². The predicted molar refractivity (Wildman–Crippen MR) is 172 cm³/mol. The zero-order valence-electron chi connectivity index (χ0n) is 25.5. The molecule has 44 heavy (non-hydrogen) atoms. The van der Waals surface area contributed by atoms with Crippen molar-refractivity contribution in [1.82, 2.24) is 35.7 Å². The van der Waals surface area contributed by atoms with Crippen LogP contribution in [-0.2, 0) is 22.7 Å². The van der Waals surface area contributed by atoms with Gasteiger partial charge in [-0.3, -0.25) is 14.4 Å². The molecule has 0 spiro atoms. The number of amides is 3. The molecule has 0 aliphatic carbocycles. The Balaban J connectivity index is 1.75. The van der Waals surface area contributed by atoms with Gasteiger partial charge in [-0.2, -0.15) is 0 Å². The van der Waals surface area contributed by atoms with Gasteiger partial charge in [-0.05, 0) is 69.6 Å². The van der Waals surface area contributed by atoms with Gasteiger partial charge in [-0.15, -0.1) is 6.42 Å². The zero-order chi connectivity index (χ0) is 31.6. The summed E-state index contributed by atoms with van der Waals surface area (Å²) < 4.78 is 0. The molecular formula is C34H37N7O3. The SMILES string of the molecule is C#CCNC(=O)c1ccc2nc(-c3cccc(CNC(=O)CN(C)C)c3)c(-c3cccc(CNC(=O)CN(C)C)c3)nc2c1. The number of hydrogen-bond donors (Lipinski definition) is 3. The lowest BCUT2D eigenvalue weighted by molar-refractivity contribution is -0.122. The van der Waals surface area contributed by atoms with E-state index in [1.165, 1.54) is 0 Å². The number of fused-ring (bicyclic) bond motifs is 1. The molecule has 0 unspecified atom stereocenters. The highest BCUT2D eigenvalue weighted by atomic mass is 16.2. The fraction of sp³-hybridized carbons (Fsp3) is 0.265. The van der Waals surface area contributed by atoms with Crippen LogP contribution in [0.2, 0.25) is 0 Å². The number of likely N-dealkylation sites (N-methyl/N-ethyl adjacent to an activating group) is 2. The van der Waals surface area contributed by atoms with Gasteiger partial charge in [0.15, 0.2) is 0 Å². The molecule has 10 nitrogen and oxygen atoms in total. The first-order valence-electron chi connectivity index (χ1n) is 14.2. The van der Waals surface area contributed by atoms with Crippen LogP contribution in [0.4, 0.5) is 0 Å². The Labute approximate surface area is 257 Å². The summed E-state index contributed by atoms with van der Waals surface area (Å²) in [6, 6.07) is 20.8. The van der Waals surface area contributed by atoms with Crippen molar-refractivity contribution < 1.29 is 14.4 Å². The van der Waals surface area contributed by atoms with Crippen molar-refractivity contribution in [2.75, 3.05) is 47.8 Å². The van der Waals surface area contributed by atoms with Crippen molar-refractivity contribution in [1.29, 1.82) is 0 Å². The van der Waals surface area contributed by atoms with E-state index in [-0.39, 0.29) is 24.3 Å². The largest absolute Gasteiger partial charge is 0.351 e. The molecule has 3 aromatic carbocycles. The van der Waals surface area contributed by atoms with E-state index in [4.69, 9.17) is 16.4 Å². The molecule has 0 aliphatic heterocycles. The number of hydrogen-bond acceptors (Lipinski definition) is 7. The number of aromatic nitrogens is 2. The van der Waals surface area contributed by atoms with Gasteiger partial charge < -0.3 is 25.8 Å². The molecule has 0 aliphatic rings. The summed E-state index contributed by atoms with van der Waals surface area (Å²) in [5.74, 6) is 1.97. The highest BCUT2D eigenvalue weighted by molar-refractivity contribution is 5.98. The molecule has 0 radical (unpaired) electrons. The fourth-order valence-electron chi connectivity index (χ4n) is 4.58. The van der Waals surface area contributed by atoms with Crippen molar-refractivity contribution >= 4 is 28.8 Å². The lowest BCUT2D eigenvalue weighted by Gasteiger charge is -2.14. The first-order valence-corrected chi connectivity index (χ1v) is 14.2. The highest BCUT2D eigenvalue weighted by Crippen LogP contribution is 2.32. The summed E-state index contributed by atoms with van der Waals surface area (Å²) in [5.41, 5.74) is 6.32. The van der Waals surface area contributed by atoms with Crippen LogP contribution < -0.4 is 16.0 Å². The monoisotopic (exact) mass is 591 g/mol. The highest BCUT2D eigenvalue weighted by Gasteiger charge is 2.16. The van der Waals surface area contributed by atoms with Crippen molar-refractivity contribution in [3.8, 4) is 34.9 Å². The first kappa shape index (κ1) is 31.8. The molecule has 0 saturated heterocycles. The van der Waals surface area contributed by atoms with E-state index >= 15 is 0 Å². The zero-order valence-corrected chi connectivity index (χ0v) is 25.5. The molecule has 226 valence electrons. The normalized spacial score (nSPS) is 10.9. The summed E-state index contributed by atoms with van der Waals surface area (Å²) in [5, 5.41) is 8.59. The molecule has 0 saturated carbocycles. The second kappa shape index (κ2) is 14.9. The van der Waals surface area contributed by atoms with Gasteiger partial charge in [0.1, 0.15) is 0 Å². The maximum absolute atomic E-state index is 12.6. The number of carbonyl (C=O) groups is 3. The number of nitrogens with zero attached hydrogens (tertiary/aromatic N) is 4. The van der Waals surface area contributed by atoms with Crippen LogP contribution >= 0.6 is 0 Å². The number of rotatable bonds is 12. The van der Waals surface area contributed by atoms with E-state index in [2.05, 4.69) is 21.9 Å². The third-order valence-corrected chi connectivity index (χ3v) is 6.58. The summed E-state index contributed by atoms with van der Waals surface area (Å²) in [6.45, 7) is 1.45. The van der Waals surface area contributed by atoms with Gasteiger partial charge in [-0.1, -0.05) is 42.3 Å². The Hall–Kier alpha value is -5.11. The van der Waals surface area contributed by atoms with Crippen molar-refractivity contribution in [3.05, 3.63) is 83.4 Å². The fourth-order valence-corrected chi connectivity index (χ4v) is 4.58. The van der Waals surface area contributed by atoms with Gasteiger partial charge in [0.25, 0.3) is 5.91 Å². The molecule has 0 atom stereocenters. The third-order valence-electron chi connectivity index (χ3n) is 6.58. The van der Waals surface area contributed by atoms with Gasteiger partial charge in [-0.25, -0.2) is 9.97 Å². The maximum Gasteiger partial charge on any atom is 0.252 e. The smallest absolute Gasteiger partial charge is 0.252 e. The van der Waals surface area contributed by atoms with Crippen LogP contribution in [0.1, 0.15) is 21.5 Å². The average molecular weight is 592 g/mol. The van der Waals surface area contributed by atoms with E-state index in [1.807, 2.05) is 86.5 Å². The molecule has 3 N–H and O–H groups in total. The van der Waals surface area contributed by atoms with Crippen molar-refractivity contribution in [3.63, 3.8) is 0 Å². The van der Waals surface area contributed by atoms with Crippen LogP contribution in [0.15, 0.2) is 66.7 Å². The predicted octanol–water partition coefficient (Wildman–Crippen LogP) is 2.68. The molecule has 0 fully saturated rings. The topological polar surface area (TPSA) is 120 Å². The number of nitrogens with one attached hydrogen (secondary N) is 3. The van der Waals surface area contributed by atoms with Gasteiger partial charge in [0.05, 0.1) is 42.1 Å². The van der Waals surface area contributed by atoms with E-state index in [9.17, 15) is 14.4 Å².